The van der Waals surface area contributed by atoms with E-state index in [9.17, 15) is 22.8 Å². The van der Waals surface area contributed by atoms with E-state index in [4.69, 9.17) is 16.7 Å². The Balaban J connectivity index is 2.94. The van der Waals surface area contributed by atoms with E-state index in [1.54, 1.807) is 12.3 Å². The summed E-state index contributed by atoms with van der Waals surface area (Å²) >= 11 is 7.11. The molecule has 21 heavy (non-hydrogen) atoms. The number of nitrogens with one attached hydrogen (secondary N) is 1. The molecule has 1 atom stereocenters. The standard InChI is InChI=1S/C12H11ClF3NO3S/c1-21-6-2-3-8(13)7(4-6)10(18)17-9(11(19)20)5-12(14,15)16/h2-4,9H,5H2,1H3,(H,17,18)(H,19,20). The van der Waals surface area contributed by atoms with Gasteiger partial charge in [0.1, 0.15) is 6.04 Å². The molecule has 0 aromatic heterocycles. The van der Waals surface area contributed by atoms with Gasteiger partial charge >= 0.3 is 12.1 Å². The number of hydrogen-bond donors (Lipinski definition) is 2. The molecule has 0 saturated heterocycles. The summed E-state index contributed by atoms with van der Waals surface area (Å²) in [6, 6.07) is 2.37. The first-order valence-electron chi connectivity index (χ1n) is 5.58. The van der Waals surface area contributed by atoms with Crippen molar-refractivity contribution in [3.63, 3.8) is 0 Å². The van der Waals surface area contributed by atoms with Crippen molar-refractivity contribution in [2.75, 3.05) is 6.26 Å². The number of aliphatic carboxylic acids is 1. The SMILES string of the molecule is CSc1ccc(Cl)c(C(=O)NC(CC(F)(F)F)C(=O)O)c1. The lowest BCUT2D eigenvalue weighted by atomic mass is 10.1. The summed E-state index contributed by atoms with van der Waals surface area (Å²) in [5, 5.41) is 10.6. The molecule has 4 nitrogen and oxygen atoms in total. The average molecular weight is 342 g/mol. The number of thioether (sulfide) groups is 1. The van der Waals surface area contributed by atoms with Crippen LogP contribution in [0.1, 0.15) is 16.8 Å². The molecule has 0 fully saturated rings. The maximum atomic E-state index is 12.3. The fourth-order valence-electron chi connectivity index (χ4n) is 1.47. The predicted octanol–water partition coefficient (Wildman–Crippen LogP) is 3.20. The molecule has 1 amide bonds. The van der Waals surface area contributed by atoms with Crippen LogP contribution in [0.4, 0.5) is 13.2 Å². The lowest BCUT2D eigenvalue weighted by Crippen LogP contribution is -2.43. The minimum absolute atomic E-state index is 0.0291. The highest BCUT2D eigenvalue weighted by Gasteiger charge is 2.36. The number of carboxylic acid groups (broad SMARTS) is 1. The fourth-order valence-corrected chi connectivity index (χ4v) is 2.12. The van der Waals surface area contributed by atoms with E-state index in [0.717, 1.165) is 0 Å². The van der Waals surface area contributed by atoms with Crippen LogP contribution in [0.2, 0.25) is 5.02 Å². The second-order valence-electron chi connectivity index (χ2n) is 4.03. The average Bonchev–Trinajstić information content (AvgIpc) is 2.36. The molecule has 2 N–H and O–H groups in total. The van der Waals surface area contributed by atoms with Crippen molar-refractivity contribution >= 4 is 35.2 Å². The topological polar surface area (TPSA) is 66.4 Å². The van der Waals surface area contributed by atoms with Gasteiger partial charge < -0.3 is 10.4 Å². The molecule has 0 bridgehead atoms. The molecule has 1 aromatic rings. The molecule has 0 aliphatic heterocycles. The third kappa shape index (κ3) is 5.47. The van der Waals surface area contributed by atoms with E-state index < -0.39 is 30.5 Å². The quantitative estimate of drug-likeness (QED) is 0.807. The molecular formula is C12H11ClF3NO3S. The van der Waals surface area contributed by atoms with Crippen LogP contribution in [0.5, 0.6) is 0 Å². The van der Waals surface area contributed by atoms with Crippen molar-refractivity contribution in [2.24, 2.45) is 0 Å². The second-order valence-corrected chi connectivity index (χ2v) is 5.32. The van der Waals surface area contributed by atoms with E-state index in [-0.39, 0.29) is 10.6 Å². The predicted molar refractivity (Wildman–Crippen MR) is 72.8 cm³/mol. The Morgan fingerprint density at radius 3 is 2.52 bits per heavy atom. The number of rotatable bonds is 5. The maximum absolute atomic E-state index is 12.3. The van der Waals surface area contributed by atoms with Crippen LogP contribution in [0, 0.1) is 0 Å². The zero-order chi connectivity index (χ0) is 16.2. The third-order valence-electron chi connectivity index (χ3n) is 2.46. The molecule has 116 valence electrons. The number of hydrogen-bond acceptors (Lipinski definition) is 3. The molecule has 1 unspecified atom stereocenters. The van der Waals surface area contributed by atoms with Crippen LogP contribution in [0.25, 0.3) is 0 Å². The minimum Gasteiger partial charge on any atom is -0.480 e. The van der Waals surface area contributed by atoms with Crippen LogP contribution in [0.3, 0.4) is 0 Å². The van der Waals surface area contributed by atoms with Crippen molar-refractivity contribution in [1.82, 2.24) is 5.32 Å². The van der Waals surface area contributed by atoms with Gasteiger partial charge in [0.25, 0.3) is 5.91 Å². The van der Waals surface area contributed by atoms with E-state index >= 15 is 0 Å². The Labute approximate surface area is 127 Å². The van der Waals surface area contributed by atoms with Crippen molar-refractivity contribution < 1.29 is 27.9 Å². The molecule has 0 heterocycles. The zero-order valence-electron chi connectivity index (χ0n) is 10.7. The van der Waals surface area contributed by atoms with Gasteiger partial charge in [0.15, 0.2) is 0 Å². The summed E-state index contributed by atoms with van der Waals surface area (Å²) in [6.07, 6.45) is -4.62. The van der Waals surface area contributed by atoms with Gasteiger partial charge in [-0.1, -0.05) is 11.6 Å². The van der Waals surface area contributed by atoms with Gasteiger partial charge in [-0.05, 0) is 24.5 Å². The summed E-state index contributed by atoms with van der Waals surface area (Å²) in [7, 11) is 0. The molecule has 0 saturated carbocycles. The van der Waals surface area contributed by atoms with E-state index in [1.165, 1.54) is 23.9 Å². The maximum Gasteiger partial charge on any atom is 0.391 e. The Morgan fingerprint density at radius 1 is 1.43 bits per heavy atom. The highest BCUT2D eigenvalue weighted by Crippen LogP contribution is 2.24. The fraction of sp³-hybridized carbons (Fsp3) is 0.333. The molecule has 9 heteroatoms. The second kappa shape index (κ2) is 7.04. The largest absolute Gasteiger partial charge is 0.480 e. The normalized spacial score (nSPS) is 12.8. The Kier molecular flexibility index (Phi) is 5.91. The van der Waals surface area contributed by atoms with Gasteiger partial charge in [-0.15, -0.1) is 11.8 Å². The van der Waals surface area contributed by atoms with Crippen molar-refractivity contribution in [3.05, 3.63) is 28.8 Å². The Bertz CT molecular complexity index is 551. The summed E-state index contributed by atoms with van der Waals surface area (Å²) in [5.74, 6) is -2.73. The first-order valence-corrected chi connectivity index (χ1v) is 7.18. The smallest absolute Gasteiger partial charge is 0.391 e. The Hall–Kier alpha value is -1.41. The summed E-state index contributed by atoms with van der Waals surface area (Å²) in [4.78, 5) is 23.4. The zero-order valence-corrected chi connectivity index (χ0v) is 12.3. The first kappa shape index (κ1) is 17.6. The van der Waals surface area contributed by atoms with Crippen LogP contribution in [-0.4, -0.2) is 35.5 Å². The van der Waals surface area contributed by atoms with E-state index in [0.29, 0.717) is 4.90 Å². The molecule has 1 aromatic carbocycles. The number of benzene rings is 1. The number of alkyl halides is 3. The highest BCUT2D eigenvalue weighted by atomic mass is 35.5. The number of carbonyl (C=O) groups is 2. The van der Waals surface area contributed by atoms with Gasteiger partial charge in [0, 0.05) is 4.90 Å². The number of amides is 1. The van der Waals surface area contributed by atoms with E-state index in [2.05, 4.69) is 0 Å². The van der Waals surface area contributed by atoms with Crippen molar-refractivity contribution in [2.45, 2.75) is 23.5 Å². The molecule has 0 radical (unpaired) electrons. The van der Waals surface area contributed by atoms with Gasteiger partial charge in [-0.2, -0.15) is 13.2 Å². The summed E-state index contributed by atoms with van der Waals surface area (Å²) < 4.78 is 36.8. The Morgan fingerprint density at radius 2 is 2.05 bits per heavy atom. The molecular weight excluding hydrogens is 331 g/mol. The van der Waals surface area contributed by atoms with Crippen LogP contribution in [0.15, 0.2) is 23.1 Å². The summed E-state index contributed by atoms with van der Waals surface area (Å²) in [5.41, 5.74) is -0.0723. The number of halogens is 4. The van der Waals surface area contributed by atoms with Crippen LogP contribution < -0.4 is 5.32 Å². The van der Waals surface area contributed by atoms with Gasteiger partial charge in [-0.3, -0.25) is 4.79 Å². The van der Waals surface area contributed by atoms with Crippen molar-refractivity contribution in [3.8, 4) is 0 Å². The number of carboxylic acids is 1. The first-order chi connectivity index (χ1) is 9.64. The lowest BCUT2D eigenvalue weighted by molar-refractivity contribution is -0.157. The monoisotopic (exact) mass is 341 g/mol. The molecule has 0 spiro atoms. The molecule has 0 aliphatic rings. The number of carbonyl (C=O) groups excluding carboxylic acids is 1. The van der Waals surface area contributed by atoms with Crippen LogP contribution in [-0.2, 0) is 4.79 Å². The third-order valence-corrected chi connectivity index (χ3v) is 3.51. The van der Waals surface area contributed by atoms with Crippen molar-refractivity contribution in [1.29, 1.82) is 0 Å². The summed E-state index contributed by atoms with van der Waals surface area (Å²) in [6.45, 7) is 0. The highest BCUT2D eigenvalue weighted by molar-refractivity contribution is 7.98. The van der Waals surface area contributed by atoms with Crippen LogP contribution >= 0.6 is 23.4 Å². The minimum atomic E-state index is -4.71. The van der Waals surface area contributed by atoms with Gasteiger partial charge in [0.05, 0.1) is 17.0 Å². The van der Waals surface area contributed by atoms with Gasteiger partial charge in [-0.25, -0.2) is 4.79 Å². The van der Waals surface area contributed by atoms with E-state index in [1.807, 2.05) is 5.32 Å². The molecule has 0 aliphatic carbocycles. The lowest BCUT2D eigenvalue weighted by Gasteiger charge is -2.17. The molecule has 1 rings (SSSR count). The van der Waals surface area contributed by atoms with Gasteiger partial charge in [0.2, 0.25) is 0 Å².